The second kappa shape index (κ2) is 7.38. The Morgan fingerprint density at radius 2 is 1.78 bits per heavy atom. The molecule has 3 aromatic carbocycles. The molecule has 0 radical (unpaired) electrons. The number of amides is 1. The van der Waals surface area contributed by atoms with Gasteiger partial charge in [0.05, 0.1) is 13.5 Å². The molecule has 0 saturated carbocycles. The van der Waals surface area contributed by atoms with Crippen LogP contribution in [-0.4, -0.2) is 13.0 Å². The molecule has 4 rings (SSSR count). The number of methoxy groups -OCH3 is 1. The Kier molecular flexibility index (Phi) is 4.62. The molecule has 0 bridgehead atoms. The molecule has 0 saturated heterocycles. The van der Waals surface area contributed by atoms with Crippen LogP contribution in [0.4, 0.5) is 5.69 Å². The molecule has 4 heteroatoms. The number of ether oxygens (including phenoxy) is 1. The van der Waals surface area contributed by atoms with E-state index in [9.17, 15) is 4.79 Å². The van der Waals surface area contributed by atoms with Gasteiger partial charge in [-0.15, -0.1) is 0 Å². The van der Waals surface area contributed by atoms with Crippen LogP contribution >= 0.6 is 0 Å². The first-order valence-corrected chi connectivity index (χ1v) is 8.73. The van der Waals surface area contributed by atoms with Crippen molar-refractivity contribution in [1.29, 1.82) is 0 Å². The van der Waals surface area contributed by atoms with Gasteiger partial charge in [-0.25, -0.2) is 0 Å². The number of fused-ring (bicyclic) bond motifs is 1. The number of para-hydroxylation sites is 1. The van der Waals surface area contributed by atoms with E-state index in [0.29, 0.717) is 6.42 Å². The Balaban J connectivity index is 1.44. The summed E-state index contributed by atoms with van der Waals surface area (Å²) in [4.78, 5) is 12.3. The summed E-state index contributed by atoms with van der Waals surface area (Å²) in [5, 5.41) is 4.00. The van der Waals surface area contributed by atoms with E-state index in [1.54, 1.807) is 7.11 Å². The Morgan fingerprint density at radius 3 is 2.56 bits per heavy atom. The third-order valence-corrected chi connectivity index (χ3v) is 4.38. The molecule has 1 heterocycles. The van der Waals surface area contributed by atoms with Crippen molar-refractivity contribution in [1.82, 2.24) is 0 Å². The molecular formula is C23H19NO3. The second-order valence-electron chi connectivity index (χ2n) is 6.30. The molecule has 0 aliphatic heterocycles. The highest BCUT2D eigenvalue weighted by Gasteiger charge is 2.08. The average Bonchev–Trinajstić information content (AvgIpc) is 3.13. The van der Waals surface area contributed by atoms with Crippen LogP contribution in [-0.2, 0) is 11.2 Å². The van der Waals surface area contributed by atoms with E-state index in [1.807, 2.05) is 78.9 Å². The number of rotatable bonds is 5. The van der Waals surface area contributed by atoms with Crippen molar-refractivity contribution >= 4 is 22.6 Å². The molecule has 4 aromatic rings. The van der Waals surface area contributed by atoms with E-state index in [1.165, 1.54) is 0 Å². The Morgan fingerprint density at radius 1 is 0.963 bits per heavy atom. The summed E-state index contributed by atoms with van der Waals surface area (Å²) in [6.07, 6.45) is 0.294. The Bertz CT molecular complexity index is 1050. The first kappa shape index (κ1) is 16.9. The van der Waals surface area contributed by atoms with Gasteiger partial charge in [0.1, 0.15) is 17.1 Å². The predicted octanol–water partition coefficient (Wildman–Crippen LogP) is 5.29. The van der Waals surface area contributed by atoms with Crippen molar-refractivity contribution < 1.29 is 13.9 Å². The van der Waals surface area contributed by atoms with Crippen molar-refractivity contribution in [2.45, 2.75) is 6.42 Å². The number of carbonyl (C=O) groups is 1. The molecule has 0 atom stereocenters. The van der Waals surface area contributed by atoms with Crippen molar-refractivity contribution in [2.75, 3.05) is 12.4 Å². The molecule has 0 aliphatic rings. The summed E-state index contributed by atoms with van der Waals surface area (Å²) in [6, 6.07) is 25.1. The maximum absolute atomic E-state index is 12.3. The lowest BCUT2D eigenvalue weighted by molar-refractivity contribution is -0.115. The molecule has 1 amide bonds. The molecule has 27 heavy (non-hydrogen) atoms. The average molecular weight is 357 g/mol. The third kappa shape index (κ3) is 3.85. The van der Waals surface area contributed by atoms with Crippen LogP contribution in [0.25, 0.3) is 22.3 Å². The van der Waals surface area contributed by atoms with Crippen LogP contribution in [0.3, 0.4) is 0 Å². The van der Waals surface area contributed by atoms with Crippen LogP contribution in [0.15, 0.2) is 83.3 Å². The predicted molar refractivity (Wildman–Crippen MR) is 107 cm³/mol. The van der Waals surface area contributed by atoms with E-state index in [-0.39, 0.29) is 5.91 Å². The number of nitrogens with one attached hydrogen (secondary N) is 1. The van der Waals surface area contributed by atoms with E-state index in [0.717, 1.165) is 39.3 Å². The van der Waals surface area contributed by atoms with Gasteiger partial charge in [-0.3, -0.25) is 4.79 Å². The van der Waals surface area contributed by atoms with Crippen LogP contribution in [0.2, 0.25) is 0 Å². The van der Waals surface area contributed by atoms with Crippen molar-refractivity contribution in [2.24, 2.45) is 0 Å². The van der Waals surface area contributed by atoms with Gasteiger partial charge in [-0.05, 0) is 54.1 Å². The lowest BCUT2D eigenvalue weighted by Crippen LogP contribution is -2.14. The lowest BCUT2D eigenvalue weighted by Gasteiger charge is -2.07. The number of furan rings is 1. The van der Waals surface area contributed by atoms with Gasteiger partial charge >= 0.3 is 0 Å². The first-order chi connectivity index (χ1) is 13.2. The summed E-state index contributed by atoms with van der Waals surface area (Å²) in [7, 11) is 1.61. The lowest BCUT2D eigenvalue weighted by atomic mass is 10.1. The van der Waals surface area contributed by atoms with Crippen LogP contribution in [0.5, 0.6) is 5.75 Å². The van der Waals surface area contributed by atoms with Crippen molar-refractivity contribution in [3.8, 4) is 17.1 Å². The van der Waals surface area contributed by atoms with Crippen LogP contribution < -0.4 is 10.1 Å². The normalized spacial score (nSPS) is 10.7. The van der Waals surface area contributed by atoms with Gasteiger partial charge in [0, 0.05) is 16.6 Å². The van der Waals surface area contributed by atoms with Crippen molar-refractivity contribution in [3.05, 3.63) is 84.4 Å². The third-order valence-electron chi connectivity index (χ3n) is 4.38. The molecular weight excluding hydrogens is 338 g/mol. The summed E-state index contributed by atoms with van der Waals surface area (Å²) in [5.74, 6) is 1.49. The highest BCUT2D eigenvalue weighted by atomic mass is 16.5. The zero-order chi connectivity index (χ0) is 18.6. The quantitative estimate of drug-likeness (QED) is 0.528. The van der Waals surface area contributed by atoms with Gasteiger partial charge in [0.25, 0.3) is 0 Å². The number of hydrogen-bond acceptors (Lipinski definition) is 3. The molecule has 1 aromatic heterocycles. The maximum atomic E-state index is 12.3. The SMILES string of the molecule is COc1cccc(CC(=O)Nc2ccc(-c3cc4ccccc4o3)cc2)c1. The summed E-state index contributed by atoms with van der Waals surface area (Å²) in [5.41, 5.74) is 3.49. The van der Waals surface area contributed by atoms with Gasteiger partial charge < -0.3 is 14.5 Å². The minimum Gasteiger partial charge on any atom is -0.497 e. The largest absolute Gasteiger partial charge is 0.497 e. The van der Waals surface area contributed by atoms with Gasteiger partial charge in [0.2, 0.25) is 5.91 Å². The Labute approximate surface area is 157 Å². The second-order valence-corrected chi connectivity index (χ2v) is 6.30. The number of anilines is 1. The highest BCUT2D eigenvalue weighted by Crippen LogP contribution is 2.28. The standard InChI is InChI=1S/C23H19NO3/c1-26-20-7-4-5-16(13-20)14-23(25)24-19-11-9-17(10-12-19)22-15-18-6-2-3-8-21(18)27-22/h2-13,15H,14H2,1H3,(H,24,25). The zero-order valence-electron chi connectivity index (χ0n) is 14.9. The van der Waals surface area contributed by atoms with E-state index < -0.39 is 0 Å². The highest BCUT2D eigenvalue weighted by molar-refractivity contribution is 5.92. The topological polar surface area (TPSA) is 51.5 Å². The number of carbonyl (C=O) groups excluding carboxylic acids is 1. The molecule has 0 fully saturated rings. The molecule has 4 nitrogen and oxygen atoms in total. The molecule has 0 spiro atoms. The molecule has 1 N–H and O–H groups in total. The van der Waals surface area contributed by atoms with E-state index in [2.05, 4.69) is 5.32 Å². The molecule has 0 unspecified atom stereocenters. The zero-order valence-corrected chi connectivity index (χ0v) is 14.9. The smallest absolute Gasteiger partial charge is 0.228 e. The summed E-state index contributed by atoms with van der Waals surface area (Å²) < 4.78 is 11.1. The number of hydrogen-bond donors (Lipinski definition) is 1. The number of benzene rings is 3. The fourth-order valence-corrected chi connectivity index (χ4v) is 3.01. The van der Waals surface area contributed by atoms with Crippen molar-refractivity contribution in [3.63, 3.8) is 0 Å². The molecule has 134 valence electrons. The fourth-order valence-electron chi connectivity index (χ4n) is 3.01. The first-order valence-electron chi connectivity index (χ1n) is 8.73. The Hall–Kier alpha value is -3.53. The minimum absolute atomic E-state index is 0.0697. The fraction of sp³-hybridized carbons (Fsp3) is 0.0870. The van der Waals surface area contributed by atoms with Gasteiger partial charge in [-0.1, -0.05) is 30.3 Å². The van der Waals surface area contributed by atoms with Gasteiger partial charge in [-0.2, -0.15) is 0 Å². The van der Waals surface area contributed by atoms with E-state index in [4.69, 9.17) is 9.15 Å². The van der Waals surface area contributed by atoms with Crippen LogP contribution in [0, 0.1) is 0 Å². The maximum Gasteiger partial charge on any atom is 0.228 e. The monoisotopic (exact) mass is 357 g/mol. The van der Waals surface area contributed by atoms with Gasteiger partial charge in [0.15, 0.2) is 0 Å². The summed E-state index contributed by atoms with van der Waals surface area (Å²) in [6.45, 7) is 0. The minimum atomic E-state index is -0.0697. The van der Waals surface area contributed by atoms with Crippen LogP contribution in [0.1, 0.15) is 5.56 Å². The molecule has 0 aliphatic carbocycles. The summed E-state index contributed by atoms with van der Waals surface area (Å²) >= 11 is 0. The van der Waals surface area contributed by atoms with E-state index >= 15 is 0 Å².